The quantitative estimate of drug-likeness (QED) is 0.731. The molecule has 0 aromatic heterocycles. The lowest BCUT2D eigenvalue weighted by Gasteiger charge is -2.18. The van der Waals surface area contributed by atoms with E-state index in [1.807, 2.05) is 12.3 Å². The van der Waals surface area contributed by atoms with Crippen molar-refractivity contribution in [2.75, 3.05) is 12.0 Å². The van der Waals surface area contributed by atoms with Gasteiger partial charge in [-0.05, 0) is 53.4 Å². The maximum atomic E-state index is 12.3. The summed E-state index contributed by atoms with van der Waals surface area (Å²) < 4.78 is 5.64. The SMILES string of the molecule is CSCC[C@H](NC(=O)c1ccccc1Br)C(=O)O[C@H](C)C#N. The number of esters is 1. The van der Waals surface area contributed by atoms with Crippen molar-refractivity contribution in [2.45, 2.75) is 25.5 Å². The standard InChI is InChI=1S/C15H17BrN2O3S/c1-10(9-17)21-15(20)13(7-8-22-2)18-14(19)11-5-3-4-6-12(11)16/h3-6,10,13H,7-8H2,1-2H3,(H,18,19)/t10-,13+/m1/s1. The lowest BCUT2D eigenvalue weighted by Crippen LogP contribution is -2.43. The van der Waals surface area contributed by atoms with Crippen LogP contribution in [-0.4, -0.2) is 36.0 Å². The van der Waals surface area contributed by atoms with Crippen molar-refractivity contribution >= 4 is 39.6 Å². The van der Waals surface area contributed by atoms with Gasteiger partial charge in [-0.25, -0.2) is 4.79 Å². The number of hydrogen-bond donors (Lipinski definition) is 1. The number of amides is 1. The molecule has 22 heavy (non-hydrogen) atoms. The molecule has 0 radical (unpaired) electrons. The number of hydrogen-bond acceptors (Lipinski definition) is 5. The van der Waals surface area contributed by atoms with Crippen LogP contribution in [0.4, 0.5) is 0 Å². The van der Waals surface area contributed by atoms with Gasteiger partial charge in [-0.15, -0.1) is 0 Å². The molecule has 0 aliphatic rings. The van der Waals surface area contributed by atoms with Gasteiger partial charge in [-0.2, -0.15) is 17.0 Å². The predicted molar refractivity (Wildman–Crippen MR) is 89.6 cm³/mol. The Balaban J connectivity index is 2.80. The van der Waals surface area contributed by atoms with E-state index in [1.165, 1.54) is 6.92 Å². The number of rotatable bonds is 7. The van der Waals surface area contributed by atoms with Crippen LogP contribution in [0.25, 0.3) is 0 Å². The molecule has 1 amide bonds. The van der Waals surface area contributed by atoms with Gasteiger partial charge in [0.15, 0.2) is 6.10 Å². The molecular formula is C15H17BrN2O3S. The van der Waals surface area contributed by atoms with E-state index in [4.69, 9.17) is 10.00 Å². The Labute approximate surface area is 142 Å². The summed E-state index contributed by atoms with van der Waals surface area (Å²) in [6.07, 6.45) is 1.51. The molecule has 0 heterocycles. The Morgan fingerprint density at radius 1 is 1.45 bits per heavy atom. The van der Waals surface area contributed by atoms with Crippen LogP contribution in [0.15, 0.2) is 28.7 Å². The topological polar surface area (TPSA) is 79.2 Å². The summed E-state index contributed by atoms with van der Waals surface area (Å²) in [5, 5.41) is 11.4. The average Bonchev–Trinajstić information content (AvgIpc) is 2.51. The molecule has 0 fully saturated rings. The van der Waals surface area contributed by atoms with E-state index in [2.05, 4.69) is 21.2 Å². The molecule has 1 aromatic carbocycles. The molecule has 0 bridgehead atoms. The number of nitrogens with zero attached hydrogens (tertiary/aromatic N) is 1. The molecule has 0 saturated heterocycles. The third kappa shape index (κ3) is 5.70. The molecule has 7 heteroatoms. The molecule has 0 saturated carbocycles. The molecule has 0 unspecified atom stereocenters. The highest BCUT2D eigenvalue weighted by molar-refractivity contribution is 9.10. The average molecular weight is 385 g/mol. The van der Waals surface area contributed by atoms with Crippen LogP contribution in [-0.2, 0) is 9.53 Å². The molecule has 5 nitrogen and oxygen atoms in total. The first-order chi connectivity index (χ1) is 10.5. The molecule has 0 spiro atoms. The van der Waals surface area contributed by atoms with Crippen LogP contribution in [0.3, 0.4) is 0 Å². The Kier molecular flexibility index (Phi) is 7.99. The molecule has 0 aliphatic carbocycles. The van der Waals surface area contributed by atoms with Crippen molar-refractivity contribution in [1.82, 2.24) is 5.32 Å². The minimum atomic E-state index is -0.843. The van der Waals surface area contributed by atoms with E-state index in [1.54, 1.807) is 36.0 Å². The number of ether oxygens (including phenoxy) is 1. The highest BCUT2D eigenvalue weighted by Crippen LogP contribution is 2.16. The first-order valence-electron chi connectivity index (χ1n) is 6.64. The second-order valence-corrected chi connectivity index (χ2v) is 6.34. The first-order valence-corrected chi connectivity index (χ1v) is 8.82. The van der Waals surface area contributed by atoms with E-state index in [0.717, 1.165) is 0 Å². The second-order valence-electron chi connectivity index (χ2n) is 4.50. The third-order valence-corrected chi connectivity index (χ3v) is 4.13. The van der Waals surface area contributed by atoms with Crippen LogP contribution < -0.4 is 5.32 Å². The van der Waals surface area contributed by atoms with Gasteiger partial charge in [0.05, 0.1) is 5.56 Å². The van der Waals surface area contributed by atoms with Gasteiger partial charge in [0.2, 0.25) is 0 Å². The van der Waals surface area contributed by atoms with Crippen molar-refractivity contribution in [2.24, 2.45) is 0 Å². The van der Waals surface area contributed by atoms with Gasteiger partial charge in [0, 0.05) is 4.47 Å². The molecule has 1 aromatic rings. The van der Waals surface area contributed by atoms with E-state index in [9.17, 15) is 9.59 Å². The zero-order valence-electron chi connectivity index (χ0n) is 12.3. The summed E-state index contributed by atoms with van der Waals surface area (Å²) in [5.74, 6) is -0.264. The third-order valence-electron chi connectivity index (χ3n) is 2.79. The van der Waals surface area contributed by atoms with Crippen molar-refractivity contribution in [3.8, 4) is 6.07 Å². The molecule has 118 valence electrons. The minimum Gasteiger partial charge on any atom is -0.446 e. The number of nitriles is 1. The first kappa shape index (κ1) is 18.5. The fourth-order valence-corrected chi connectivity index (χ4v) is 2.58. The molecular weight excluding hydrogens is 368 g/mol. The Morgan fingerprint density at radius 2 is 2.14 bits per heavy atom. The van der Waals surface area contributed by atoms with Crippen molar-refractivity contribution in [3.63, 3.8) is 0 Å². The van der Waals surface area contributed by atoms with Gasteiger partial charge in [-0.1, -0.05) is 12.1 Å². The molecule has 2 atom stereocenters. The number of thioether (sulfide) groups is 1. The number of carbonyl (C=O) groups excluding carboxylic acids is 2. The number of benzene rings is 1. The van der Waals surface area contributed by atoms with E-state index >= 15 is 0 Å². The van der Waals surface area contributed by atoms with Crippen LogP contribution in [0, 0.1) is 11.3 Å². The van der Waals surface area contributed by atoms with Crippen molar-refractivity contribution in [3.05, 3.63) is 34.3 Å². The van der Waals surface area contributed by atoms with Crippen LogP contribution in [0.2, 0.25) is 0 Å². The van der Waals surface area contributed by atoms with Crippen molar-refractivity contribution < 1.29 is 14.3 Å². The van der Waals surface area contributed by atoms with Crippen LogP contribution >= 0.6 is 27.7 Å². The predicted octanol–water partition coefficient (Wildman–Crippen LogP) is 2.76. The summed E-state index contributed by atoms with van der Waals surface area (Å²) in [4.78, 5) is 24.3. The Morgan fingerprint density at radius 3 is 2.73 bits per heavy atom. The zero-order chi connectivity index (χ0) is 16.5. The van der Waals surface area contributed by atoms with E-state index in [0.29, 0.717) is 22.2 Å². The highest BCUT2D eigenvalue weighted by Gasteiger charge is 2.24. The molecule has 0 aliphatic heterocycles. The number of carbonyl (C=O) groups is 2. The lowest BCUT2D eigenvalue weighted by atomic mass is 10.1. The highest BCUT2D eigenvalue weighted by atomic mass is 79.9. The smallest absolute Gasteiger partial charge is 0.329 e. The lowest BCUT2D eigenvalue weighted by molar-refractivity contribution is -0.148. The normalized spacial score (nSPS) is 12.8. The van der Waals surface area contributed by atoms with Crippen LogP contribution in [0.5, 0.6) is 0 Å². The van der Waals surface area contributed by atoms with Crippen molar-refractivity contribution in [1.29, 1.82) is 5.26 Å². The fraction of sp³-hybridized carbons (Fsp3) is 0.400. The van der Waals surface area contributed by atoms with Gasteiger partial charge in [0.25, 0.3) is 5.91 Å². The summed E-state index contributed by atoms with van der Waals surface area (Å²) in [7, 11) is 0. The second kappa shape index (κ2) is 9.49. The van der Waals surface area contributed by atoms with Gasteiger partial charge in [-0.3, -0.25) is 4.79 Å². The minimum absolute atomic E-state index is 0.361. The van der Waals surface area contributed by atoms with Gasteiger partial charge < -0.3 is 10.1 Å². The molecule has 1 N–H and O–H groups in total. The maximum absolute atomic E-state index is 12.3. The largest absolute Gasteiger partial charge is 0.446 e. The monoisotopic (exact) mass is 384 g/mol. The van der Waals surface area contributed by atoms with Crippen LogP contribution in [0.1, 0.15) is 23.7 Å². The summed E-state index contributed by atoms with van der Waals surface area (Å²) in [6.45, 7) is 1.49. The summed E-state index contributed by atoms with van der Waals surface area (Å²) in [5.41, 5.74) is 0.442. The zero-order valence-corrected chi connectivity index (χ0v) is 14.7. The Bertz CT molecular complexity index is 574. The van der Waals surface area contributed by atoms with E-state index in [-0.39, 0.29) is 5.91 Å². The fourth-order valence-electron chi connectivity index (χ4n) is 1.65. The number of nitrogens with one attached hydrogen (secondary N) is 1. The molecule has 1 rings (SSSR count). The Hall–Kier alpha value is -1.52. The maximum Gasteiger partial charge on any atom is 0.329 e. The number of halogens is 1. The van der Waals surface area contributed by atoms with Gasteiger partial charge in [0.1, 0.15) is 12.1 Å². The summed E-state index contributed by atoms with van der Waals surface area (Å²) in [6, 6.07) is 8.01. The van der Waals surface area contributed by atoms with Gasteiger partial charge >= 0.3 is 5.97 Å². The van der Waals surface area contributed by atoms with E-state index < -0.39 is 18.1 Å². The summed E-state index contributed by atoms with van der Waals surface area (Å²) >= 11 is 4.87.